The highest BCUT2D eigenvalue weighted by Crippen LogP contribution is 2.20. The van der Waals surface area contributed by atoms with Crippen LogP contribution < -0.4 is 5.73 Å². The zero-order valence-electron chi connectivity index (χ0n) is 10.4. The van der Waals surface area contributed by atoms with E-state index in [4.69, 9.17) is 22.1 Å². The molecule has 100 valence electrons. The third kappa shape index (κ3) is 4.32. The van der Waals surface area contributed by atoms with Crippen molar-refractivity contribution in [3.8, 4) is 0 Å². The van der Waals surface area contributed by atoms with Crippen molar-refractivity contribution in [3.05, 3.63) is 68.7 Å². The molecule has 0 aliphatic carbocycles. The molecule has 2 rings (SSSR count). The van der Waals surface area contributed by atoms with Crippen molar-refractivity contribution in [1.29, 1.82) is 0 Å². The second kappa shape index (κ2) is 7.06. The Morgan fingerprint density at radius 3 is 2.32 bits per heavy atom. The summed E-state index contributed by atoms with van der Waals surface area (Å²) in [4.78, 5) is 0. The summed E-state index contributed by atoms with van der Waals surface area (Å²) in [7, 11) is 0. The summed E-state index contributed by atoms with van der Waals surface area (Å²) in [6, 6.07) is 13.8. The van der Waals surface area contributed by atoms with E-state index in [0.29, 0.717) is 19.8 Å². The van der Waals surface area contributed by atoms with Crippen molar-refractivity contribution in [2.45, 2.75) is 19.8 Å². The Bertz CT molecular complexity index is 542. The Morgan fingerprint density at radius 2 is 1.68 bits per heavy atom. The molecule has 0 aromatic heterocycles. The highest BCUT2D eigenvalue weighted by atomic mass is 79.9. The lowest BCUT2D eigenvalue weighted by Crippen LogP contribution is -1.99. The lowest BCUT2D eigenvalue weighted by atomic mass is 10.1. The van der Waals surface area contributed by atoms with Crippen LogP contribution in [0.15, 0.2) is 46.9 Å². The molecule has 0 saturated carbocycles. The minimum atomic E-state index is 0.546. The highest BCUT2D eigenvalue weighted by Gasteiger charge is 2.02. The van der Waals surface area contributed by atoms with Gasteiger partial charge in [-0.05, 0) is 34.9 Å². The molecule has 2 aromatic rings. The molecule has 2 nitrogen and oxygen atoms in total. The van der Waals surface area contributed by atoms with E-state index in [0.717, 1.165) is 26.2 Å². The molecule has 0 spiro atoms. The molecule has 0 aliphatic rings. The fraction of sp³-hybridized carbons (Fsp3) is 0.200. The van der Waals surface area contributed by atoms with Gasteiger partial charge in [0.05, 0.1) is 13.2 Å². The van der Waals surface area contributed by atoms with Crippen LogP contribution in [0.2, 0.25) is 5.02 Å². The molecule has 0 fully saturated rings. The third-order valence-corrected chi connectivity index (χ3v) is 3.78. The number of halogens is 2. The fourth-order valence-electron chi connectivity index (χ4n) is 1.69. The first kappa shape index (κ1) is 14.5. The molecule has 0 amide bonds. The van der Waals surface area contributed by atoms with Crippen molar-refractivity contribution in [2.75, 3.05) is 0 Å². The topological polar surface area (TPSA) is 35.2 Å². The van der Waals surface area contributed by atoms with E-state index in [1.165, 1.54) is 0 Å². The van der Waals surface area contributed by atoms with Gasteiger partial charge < -0.3 is 10.5 Å². The van der Waals surface area contributed by atoms with Gasteiger partial charge in [0.2, 0.25) is 0 Å². The second-order valence-electron chi connectivity index (χ2n) is 4.25. The van der Waals surface area contributed by atoms with Crippen molar-refractivity contribution in [3.63, 3.8) is 0 Å². The van der Waals surface area contributed by atoms with Gasteiger partial charge in [-0.3, -0.25) is 0 Å². The van der Waals surface area contributed by atoms with Crippen LogP contribution in [0.5, 0.6) is 0 Å². The van der Waals surface area contributed by atoms with Crippen molar-refractivity contribution < 1.29 is 4.74 Å². The molecule has 0 unspecified atom stereocenters. The largest absolute Gasteiger partial charge is 0.372 e. The van der Waals surface area contributed by atoms with E-state index in [9.17, 15) is 0 Å². The predicted octanol–water partition coefficient (Wildman–Crippen LogP) is 4.28. The van der Waals surface area contributed by atoms with E-state index >= 15 is 0 Å². The summed E-state index contributed by atoms with van der Waals surface area (Å²) in [5.74, 6) is 0. The predicted molar refractivity (Wildman–Crippen MR) is 82.0 cm³/mol. The Balaban J connectivity index is 1.90. The molecule has 0 aliphatic heterocycles. The summed E-state index contributed by atoms with van der Waals surface area (Å²) in [6.45, 7) is 1.68. The van der Waals surface area contributed by atoms with Crippen LogP contribution in [-0.2, 0) is 24.5 Å². The van der Waals surface area contributed by atoms with Gasteiger partial charge in [-0.2, -0.15) is 0 Å². The minimum absolute atomic E-state index is 0.546. The number of hydrogen-bond acceptors (Lipinski definition) is 2. The third-order valence-electron chi connectivity index (χ3n) is 2.79. The molecular weight excluding hydrogens is 326 g/mol. The van der Waals surface area contributed by atoms with E-state index in [1.54, 1.807) is 0 Å². The van der Waals surface area contributed by atoms with Crippen LogP contribution >= 0.6 is 27.5 Å². The maximum absolute atomic E-state index is 5.83. The van der Waals surface area contributed by atoms with Gasteiger partial charge in [-0.15, -0.1) is 0 Å². The summed E-state index contributed by atoms with van der Waals surface area (Å²) in [5, 5.41) is 0.740. The number of hydrogen-bond donors (Lipinski definition) is 1. The second-order valence-corrected chi connectivity index (χ2v) is 5.54. The van der Waals surface area contributed by atoms with Crippen LogP contribution in [-0.4, -0.2) is 0 Å². The van der Waals surface area contributed by atoms with E-state index in [1.807, 2.05) is 42.5 Å². The lowest BCUT2D eigenvalue weighted by Gasteiger charge is -2.08. The maximum Gasteiger partial charge on any atom is 0.0732 e. The van der Waals surface area contributed by atoms with Gasteiger partial charge in [0.1, 0.15) is 0 Å². The Labute approximate surface area is 126 Å². The molecular formula is C15H15BrClNO. The van der Waals surface area contributed by atoms with Gasteiger partial charge in [0.25, 0.3) is 0 Å². The van der Waals surface area contributed by atoms with Crippen LogP contribution in [0.25, 0.3) is 0 Å². The number of benzene rings is 2. The zero-order chi connectivity index (χ0) is 13.7. The van der Waals surface area contributed by atoms with Gasteiger partial charge in [-0.25, -0.2) is 0 Å². The number of nitrogens with two attached hydrogens (primary N) is 1. The Kier molecular flexibility index (Phi) is 5.40. The average Bonchev–Trinajstić information content (AvgIpc) is 2.42. The smallest absolute Gasteiger partial charge is 0.0732 e. The standard InChI is InChI=1S/C15H15BrClNO/c16-15-7-12(8-18)1-4-13(15)10-19-9-11-2-5-14(17)6-3-11/h1-7H,8-10,18H2. The maximum atomic E-state index is 5.83. The number of rotatable bonds is 5. The average molecular weight is 341 g/mol. The summed E-state index contributed by atoms with van der Waals surface area (Å²) >= 11 is 9.36. The minimum Gasteiger partial charge on any atom is -0.372 e. The van der Waals surface area contributed by atoms with Gasteiger partial charge in [-0.1, -0.05) is 51.8 Å². The molecule has 0 bridgehead atoms. The molecule has 19 heavy (non-hydrogen) atoms. The molecule has 0 radical (unpaired) electrons. The molecule has 0 heterocycles. The van der Waals surface area contributed by atoms with Crippen molar-refractivity contribution in [1.82, 2.24) is 0 Å². The summed E-state index contributed by atoms with van der Waals surface area (Å²) in [5.41, 5.74) is 8.93. The molecule has 2 N–H and O–H groups in total. The van der Waals surface area contributed by atoms with Crippen LogP contribution in [0.3, 0.4) is 0 Å². The van der Waals surface area contributed by atoms with Crippen molar-refractivity contribution >= 4 is 27.5 Å². The molecule has 4 heteroatoms. The quantitative estimate of drug-likeness (QED) is 0.882. The first-order valence-corrected chi connectivity index (χ1v) is 7.15. The first-order chi connectivity index (χ1) is 9.19. The van der Waals surface area contributed by atoms with E-state index < -0.39 is 0 Å². The summed E-state index contributed by atoms with van der Waals surface area (Å²) < 4.78 is 6.73. The molecule has 0 atom stereocenters. The van der Waals surface area contributed by atoms with Crippen LogP contribution in [0.1, 0.15) is 16.7 Å². The Morgan fingerprint density at radius 1 is 1.00 bits per heavy atom. The van der Waals surface area contributed by atoms with Crippen LogP contribution in [0, 0.1) is 0 Å². The Hall–Kier alpha value is -0.870. The fourth-order valence-corrected chi connectivity index (χ4v) is 2.36. The molecule has 0 saturated heterocycles. The van der Waals surface area contributed by atoms with Gasteiger partial charge >= 0.3 is 0 Å². The normalized spacial score (nSPS) is 10.7. The SMILES string of the molecule is NCc1ccc(COCc2ccc(Cl)cc2)c(Br)c1. The van der Waals surface area contributed by atoms with Crippen LogP contribution in [0.4, 0.5) is 0 Å². The van der Waals surface area contributed by atoms with E-state index in [2.05, 4.69) is 15.9 Å². The first-order valence-electron chi connectivity index (χ1n) is 5.98. The molecule has 2 aromatic carbocycles. The summed E-state index contributed by atoms with van der Waals surface area (Å²) in [6.07, 6.45) is 0. The van der Waals surface area contributed by atoms with Crippen molar-refractivity contribution in [2.24, 2.45) is 5.73 Å². The van der Waals surface area contributed by atoms with Gasteiger partial charge in [0, 0.05) is 16.0 Å². The van der Waals surface area contributed by atoms with Gasteiger partial charge in [0.15, 0.2) is 0 Å². The lowest BCUT2D eigenvalue weighted by molar-refractivity contribution is 0.107. The number of ether oxygens (including phenoxy) is 1. The zero-order valence-corrected chi connectivity index (χ0v) is 12.7. The van der Waals surface area contributed by atoms with E-state index in [-0.39, 0.29) is 0 Å². The highest BCUT2D eigenvalue weighted by molar-refractivity contribution is 9.10. The monoisotopic (exact) mass is 339 g/mol.